The lowest BCUT2D eigenvalue weighted by atomic mass is 10.3. The molecule has 4 heteroatoms. The third-order valence-corrected chi connectivity index (χ3v) is 2.61. The minimum atomic E-state index is 0.689. The number of ether oxygens (including phenoxy) is 1. The average Bonchev–Trinajstić information content (AvgIpc) is 2.66. The van der Waals surface area contributed by atoms with Crippen molar-refractivity contribution in [1.29, 1.82) is 0 Å². The smallest absolute Gasteiger partial charge is 0.181 e. The van der Waals surface area contributed by atoms with Gasteiger partial charge >= 0.3 is 0 Å². The Morgan fingerprint density at radius 2 is 2.07 bits per heavy atom. The number of imidazole rings is 1. The van der Waals surface area contributed by atoms with E-state index in [-0.39, 0.29) is 0 Å². The van der Waals surface area contributed by atoms with Gasteiger partial charge < -0.3 is 4.74 Å². The second-order valence-corrected chi connectivity index (χ2v) is 3.70. The Kier molecular flexibility index (Phi) is 3.06. The van der Waals surface area contributed by atoms with Crippen LogP contribution in [0.1, 0.15) is 6.92 Å². The van der Waals surface area contributed by atoms with Crippen LogP contribution in [0.2, 0.25) is 0 Å². The zero-order chi connectivity index (χ0) is 10.7. The highest BCUT2D eigenvalue weighted by atomic mass is 79.9. The number of nitrogens with zero attached hydrogens (tertiary/aromatic N) is 2. The van der Waals surface area contributed by atoms with Gasteiger partial charge in [-0.25, -0.2) is 4.98 Å². The second-order valence-electron chi connectivity index (χ2n) is 2.99. The van der Waals surface area contributed by atoms with E-state index >= 15 is 0 Å². The first-order valence-corrected chi connectivity index (χ1v) is 5.52. The normalized spacial score (nSPS) is 10.3. The Labute approximate surface area is 96.8 Å². The zero-order valence-electron chi connectivity index (χ0n) is 8.35. The van der Waals surface area contributed by atoms with Crippen LogP contribution in [0, 0.1) is 0 Å². The lowest BCUT2D eigenvalue weighted by Crippen LogP contribution is -1.94. The van der Waals surface area contributed by atoms with Gasteiger partial charge in [-0.1, -0.05) is 0 Å². The largest absolute Gasteiger partial charge is 0.494 e. The molecule has 1 aromatic carbocycles. The van der Waals surface area contributed by atoms with E-state index < -0.39 is 0 Å². The Bertz CT molecular complexity index is 436. The number of halogens is 1. The maximum absolute atomic E-state index is 5.37. The molecule has 0 saturated carbocycles. The molecule has 78 valence electrons. The molecule has 0 atom stereocenters. The second kappa shape index (κ2) is 4.49. The molecule has 2 rings (SSSR count). The summed E-state index contributed by atoms with van der Waals surface area (Å²) in [5.74, 6) is 0.887. The molecule has 0 amide bonds. The van der Waals surface area contributed by atoms with Crippen LogP contribution < -0.4 is 4.74 Å². The van der Waals surface area contributed by atoms with Gasteiger partial charge in [0.2, 0.25) is 0 Å². The van der Waals surface area contributed by atoms with Crippen molar-refractivity contribution >= 4 is 15.9 Å². The van der Waals surface area contributed by atoms with E-state index in [2.05, 4.69) is 20.9 Å². The van der Waals surface area contributed by atoms with E-state index in [0.29, 0.717) is 6.61 Å². The summed E-state index contributed by atoms with van der Waals surface area (Å²) in [6.45, 7) is 2.66. The molecule has 2 aromatic rings. The fourth-order valence-electron chi connectivity index (χ4n) is 1.35. The van der Waals surface area contributed by atoms with Crippen molar-refractivity contribution in [2.75, 3.05) is 6.61 Å². The molecule has 0 saturated heterocycles. The van der Waals surface area contributed by atoms with E-state index in [9.17, 15) is 0 Å². The summed E-state index contributed by atoms with van der Waals surface area (Å²) in [5, 5.41) is 0. The average molecular weight is 267 g/mol. The molecule has 0 N–H and O–H groups in total. The molecule has 0 spiro atoms. The SMILES string of the molecule is CCOc1ccc(-n2ccnc2Br)cc1. The topological polar surface area (TPSA) is 27.1 Å². The Hall–Kier alpha value is -1.29. The zero-order valence-corrected chi connectivity index (χ0v) is 9.94. The Morgan fingerprint density at radius 1 is 1.33 bits per heavy atom. The third kappa shape index (κ3) is 2.21. The van der Waals surface area contributed by atoms with E-state index in [1.807, 2.05) is 42.0 Å². The first kappa shape index (κ1) is 10.2. The molecule has 15 heavy (non-hydrogen) atoms. The van der Waals surface area contributed by atoms with Gasteiger partial charge in [-0.05, 0) is 47.1 Å². The number of hydrogen-bond acceptors (Lipinski definition) is 2. The summed E-state index contributed by atoms with van der Waals surface area (Å²) in [6.07, 6.45) is 3.65. The third-order valence-electron chi connectivity index (χ3n) is 2.02. The minimum absolute atomic E-state index is 0.689. The van der Waals surface area contributed by atoms with Crippen molar-refractivity contribution in [3.63, 3.8) is 0 Å². The van der Waals surface area contributed by atoms with Crippen LogP contribution in [0.4, 0.5) is 0 Å². The summed E-state index contributed by atoms with van der Waals surface area (Å²) in [5.41, 5.74) is 1.06. The maximum atomic E-state index is 5.37. The molecule has 1 aromatic heterocycles. The van der Waals surface area contributed by atoms with Crippen molar-refractivity contribution in [2.24, 2.45) is 0 Å². The van der Waals surface area contributed by atoms with Gasteiger partial charge in [-0.2, -0.15) is 0 Å². The molecule has 0 aliphatic heterocycles. The molecule has 0 unspecified atom stereocenters. The standard InChI is InChI=1S/C11H11BrN2O/c1-2-15-10-5-3-9(4-6-10)14-8-7-13-11(14)12/h3-8H,2H2,1H3. The van der Waals surface area contributed by atoms with E-state index in [0.717, 1.165) is 16.2 Å². The van der Waals surface area contributed by atoms with Gasteiger partial charge in [0.05, 0.1) is 6.61 Å². The number of benzene rings is 1. The van der Waals surface area contributed by atoms with Crippen molar-refractivity contribution in [1.82, 2.24) is 9.55 Å². The Balaban J connectivity index is 2.28. The molecule has 0 radical (unpaired) electrons. The summed E-state index contributed by atoms with van der Waals surface area (Å²) in [4.78, 5) is 4.10. The monoisotopic (exact) mass is 266 g/mol. The maximum Gasteiger partial charge on any atom is 0.181 e. The fraction of sp³-hybridized carbons (Fsp3) is 0.182. The first-order valence-electron chi connectivity index (χ1n) is 4.73. The van der Waals surface area contributed by atoms with Gasteiger partial charge in [0, 0.05) is 18.1 Å². The van der Waals surface area contributed by atoms with E-state index in [1.165, 1.54) is 0 Å². The highest BCUT2D eigenvalue weighted by Crippen LogP contribution is 2.18. The van der Waals surface area contributed by atoms with Crippen LogP contribution in [-0.4, -0.2) is 16.2 Å². The Morgan fingerprint density at radius 3 is 2.60 bits per heavy atom. The molecule has 0 bridgehead atoms. The highest BCUT2D eigenvalue weighted by Gasteiger charge is 2.01. The van der Waals surface area contributed by atoms with E-state index in [4.69, 9.17) is 4.74 Å². The molecule has 1 heterocycles. The van der Waals surface area contributed by atoms with Gasteiger partial charge in [0.1, 0.15) is 5.75 Å². The summed E-state index contributed by atoms with van der Waals surface area (Å²) < 4.78 is 8.12. The van der Waals surface area contributed by atoms with Crippen molar-refractivity contribution in [2.45, 2.75) is 6.92 Å². The minimum Gasteiger partial charge on any atom is -0.494 e. The number of rotatable bonds is 3. The van der Waals surface area contributed by atoms with Crippen molar-refractivity contribution < 1.29 is 4.74 Å². The van der Waals surface area contributed by atoms with Gasteiger partial charge in [0.15, 0.2) is 4.73 Å². The van der Waals surface area contributed by atoms with Crippen LogP contribution in [0.25, 0.3) is 5.69 Å². The van der Waals surface area contributed by atoms with Crippen LogP contribution in [0.15, 0.2) is 41.4 Å². The number of hydrogen-bond donors (Lipinski definition) is 0. The molecule has 0 aliphatic carbocycles. The molecule has 3 nitrogen and oxygen atoms in total. The van der Waals surface area contributed by atoms with Crippen LogP contribution in [0.5, 0.6) is 5.75 Å². The van der Waals surface area contributed by atoms with Crippen molar-refractivity contribution in [3.8, 4) is 11.4 Å². The molecular formula is C11H11BrN2O. The lowest BCUT2D eigenvalue weighted by molar-refractivity contribution is 0.340. The summed E-state index contributed by atoms with van der Waals surface area (Å²) in [6, 6.07) is 7.89. The molecule has 0 aliphatic rings. The highest BCUT2D eigenvalue weighted by molar-refractivity contribution is 9.10. The molecular weight excluding hydrogens is 256 g/mol. The van der Waals surface area contributed by atoms with Gasteiger partial charge in [-0.15, -0.1) is 0 Å². The van der Waals surface area contributed by atoms with Crippen molar-refractivity contribution in [3.05, 3.63) is 41.4 Å². The van der Waals surface area contributed by atoms with Crippen LogP contribution in [0.3, 0.4) is 0 Å². The first-order chi connectivity index (χ1) is 7.31. The van der Waals surface area contributed by atoms with Gasteiger partial charge in [0.25, 0.3) is 0 Å². The quantitative estimate of drug-likeness (QED) is 0.854. The van der Waals surface area contributed by atoms with Crippen LogP contribution >= 0.6 is 15.9 Å². The predicted molar refractivity (Wildman–Crippen MR) is 62.4 cm³/mol. The summed E-state index contributed by atoms with van der Waals surface area (Å²) >= 11 is 3.37. The number of aromatic nitrogens is 2. The van der Waals surface area contributed by atoms with Crippen LogP contribution in [-0.2, 0) is 0 Å². The molecule has 0 fully saturated rings. The summed E-state index contributed by atoms with van der Waals surface area (Å²) in [7, 11) is 0. The lowest BCUT2D eigenvalue weighted by Gasteiger charge is -2.06. The fourth-order valence-corrected chi connectivity index (χ4v) is 1.79. The predicted octanol–water partition coefficient (Wildman–Crippen LogP) is 3.03. The van der Waals surface area contributed by atoms with Gasteiger partial charge in [-0.3, -0.25) is 4.57 Å². The van der Waals surface area contributed by atoms with E-state index in [1.54, 1.807) is 6.20 Å².